The van der Waals surface area contributed by atoms with Crippen LogP contribution in [-0.4, -0.2) is 39.5 Å². The van der Waals surface area contributed by atoms with Gasteiger partial charge in [-0.05, 0) is 25.2 Å². The van der Waals surface area contributed by atoms with Gasteiger partial charge in [-0.25, -0.2) is 0 Å². The van der Waals surface area contributed by atoms with Crippen LogP contribution in [0.1, 0.15) is 19.8 Å². The first-order valence-electron chi connectivity index (χ1n) is 5.73. The molecule has 0 aromatic carbocycles. The van der Waals surface area contributed by atoms with Crippen LogP contribution in [0.2, 0.25) is 0 Å². The zero-order valence-corrected chi connectivity index (χ0v) is 9.05. The number of hydrogen-bond donors (Lipinski definition) is 1. The molecule has 2 aliphatic rings. The van der Waals surface area contributed by atoms with Crippen molar-refractivity contribution in [1.82, 2.24) is 5.32 Å². The Morgan fingerprint density at radius 2 is 2.21 bits per heavy atom. The third-order valence-electron chi connectivity index (χ3n) is 3.75. The molecule has 2 fully saturated rings. The molecule has 3 heteroatoms. The Morgan fingerprint density at radius 3 is 2.93 bits per heavy atom. The molecule has 3 nitrogen and oxygen atoms in total. The predicted molar refractivity (Wildman–Crippen MR) is 55.3 cm³/mol. The fourth-order valence-corrected chi connectivity index (χ4v) is 2.71. The van der Waals surface area contributed by atoms with E-state index in [2.05, 4.69) is 12.2 Å². The Bertz CT molecular complexity index is 178. The zero-order valence-electron chi connectivity index (χ0n) is 9.05. The van der Waals surface area contributed by atoms with Gasteiger partial charge in [-0.2, -0.15) is 0 Å². The van der Waals surface area contributed by atoms with Crippen LogP contribution in [-0.2, 0) is 9.47 Å². The van der Waals surface area contributed by atoms with E-state index < -0.39 is 0 Å². The lowest BCUT2D eigenvalue weighted by atomic mass is 9.72. The summed E-state index contributed by atoms with van der Waals surface area (Å²) in [6, 6.07) is 0. The van der Waals surface area contributed by atoms with Crippen molar-refractivity contribution >= 4 is 0 Å². The largest absolute Gasteiger partial charge is 0.381 e. The van der Waals surface area contributed by atoms with E-state index in [1.165, 1.54) is 12.8 Å². The Morgan fingerprint density at radius 1 is 1.43 bits per heavy atom. The SMILES string of the molecule is CCOCC1CNCC12CCOCC2. The van der Waals surface area contributed by atoms with E-state index in [0.29, 0.717) is 11.3 Å². The molecular weight excluding hydrogens is 178 g/mol. The van der Waals surface area contributed by atoms with Gasteiger partial charge in [-0.15, -0.1) is 0 Å². The molecule has 0 radical (unpaired) electrons. The van der Waals surface area contributed by atoms with Crippen LogP contribution in [0.25, 0.3) is 0 Å². The van der Waals surface area contributed by atoms with Crippen molar-refractivity contribution in [2.75, 3.05) is 39.5 Å². The second-order valence-electron chi connectivity index (χ2n) is 4.46. The number of hydrogen-bond acceptors (Lipinski definition) is 3. The van der Waals surface area contributed by atoms with Gasteiger partial charge in [0.05, 0.1) is 6.61 Å². The van der Waals surface area contributed by atoms with E-state index in [1.807, 2.05) is 0 Å². The van der Waals surface area contributed by atoms with Gasteiger partial charge in [0.15, 0.2) is 0 Å². The summed E-state index contributed by atoms with van der Waals surface area (Å²) in [5.74, 6) is 0.700. The predicted octanol–water partition coefficient (Wildman–Crippen LogP) is 1.04. The molecule has 0 aliphatic carbocycles. The molecule has 1 spiro atoms. The van der Waals surface area contributed by atoms with E-state index in [1.54, 1.807) is 0 Å². The second kappa shape index (κ2) is 4.60. The lowest BCUT2D eigenvalue weighted by Crippen LogP contribution is -2.38. The molecule has 14 heavy (non-hydrogen) atoms. The summed E-state index contributed by atoms with van der Waals surface area (Å²) >= 11 is 0. The second-order valence-corrected chi connectivity index (χ2v) is 4.46. The van der Waals surface area contributed by atoms with Gasteiger partial charge in [0, 0.05) is 38.8 Å². The Hall–Kier alpha value is -0.120. The van der Waals surface area contributed by atoms with Crippen molar-refractivity contribution in [1.29, 1.82) is 0 Å². The van der Waals surface area contributed by atoms with Crippen molar-refractivity contribution in [2.45, 2.75) is 19.8 Å². The summed E-state index contributed by atoms with van der Waals surface area (Å²) in [6.07, 6.45) is 2.41. The van der Waals surface area contributed by atoms with Crippen molar-refractivity contribution < 1.29 is 9.47 Å². The average molecular weight is 199 g/mol. The van der Waals surface area contributed by atoms with E-state index in [4.69, 9.17) is 9.47 Å². The maximum atomic E-state index is 5.56. The van der Waals surface area contributed by atoms with Crippen molar-refractivity contribution in [3.05, 3.63) is 0 Å². The first-order valence-corrected chi connectivity index (χ1v) is 5.73. The molecule has 82 valence electrons. The monoisotopic (exact) mass is 199 g/mol. The fourth-order valence-electron chi connectivity index (χ4n) is 2.71. The van der Waals surface area contributed by atoms with Crippen LogP contribution in [0.3, 0.4) is 0 Å². The minimum absolute atomic E-state index is 0.480. The van der Waals surface area contributed by atoms with Crippen LogP contribution in [0.4, 0.5) is 0 Å². The first kappa shape index (κ1) is 10.4. The van der Waals surface area contributed by atoms with Crippen LogP contribution < -0.4 is 5.32 Å². The molecule has 0 aromatic rings. The number of nitrogens with one attached hydrogen (secondary N) is 1. The Balaban J connectivity index is 1.93. The minimum Gasteiger partial charge on any atom is -0.381 e. The maximum absolute atomic E-state index is 5.56. The van der Waals surface area contributed by atoms with Gasteiger partial charge in [0.25, 0.3) is 0 Å². The van der Waals surface area contributed by atoms with E-state index in [9.17, 15) is 0 Å². The molecule has 0 amide bonds. The van der Waals surface area contributed by atoms with Crippen LogP contribution in [0.5, 0.6) is 0 Å². The smallest absolute Gasteiger partial charge is 0.0512 e. The molecule has 2 aliphatic heterocycles. The van der Waals surface area contributed by atoms with Crippen molar-refractivity contribution in [3.8, 4) is 0 Å². The van der Waals surface area contributed by atoms with Gasteiger partial charge >= 0.3 is 0 Å². The maximum Gasteiger partial charge on any atom is 0.0512 e. The number of ether oxygens (including phenoxy) is 2. The molecule has 1 atom stereocenters. The summed E-state index contributed by atoms with van der Waals surface area (Å²) in [5.41, 5.74) is 0.480. The van der Waals surface area contributed by atoms with Crippen molar-refractivity contribution in [3.63, 3.8) is 0 Å². The molecule has 0 aromatic heterocycles. The fraction of sp³-hybridized carbons (Fsp3) is 1.00. The first-order chi connectivity index (χ1) is 6.87. The molecule has 0 saturated carbocycles. The molecular formula is C11H21NO2. The third kappa shape index (κ3) is 1.95. The highest BCUT2D eigenvalue weighted by molar-refractivity contribution is 4.96. The summed E-state index contributed by atoms with van der Waals surface area (Å²) in [6.45, 7) is 7.98. The quantitative estimate of drug-likeness (QED) is 0.736. The van der Waals surface area contributed by atoms with Crippen LogP contribution in [0.15, 0.2) is 0 Å². The van der Waals surface area contributed by atoms with Crippen molar-refractivity contribution in [2.24, 2.45) is 11.3 Å². The van der Waals surface area contributed by atoms with Crippen LogP contribution in [0, 0.1) is 11.3 Å². The minimum atomic E-state index is 0.480. The average Bonchev–Trinajstić information content (AvgIpc) is 2.59. The summed E-state index contributed by atoms with van der Waals surface area (Å²) < 4.78 is 11.0. The number of rotatable bonds is 3. The van der Waals surface area contributed by atoms with E-state index >= 15 is 0 Å². The van der Waals surface area contributed by atoms with E-state index in [0.717, 1.165) is 39.5 Å². The van der Waals surface area contributed by atoms with Gasteiger partial charge in [0.2, 0.25) is 0 Å². The molecule has 0 bridgehead atoms. The molecule has 1 unspecified atom stereocenters. The molecule has 2 heterocycles. The van der Waals surface area contributed by atoms with Gasteiger partial charge < -0.3 is 14.8 Å². The lowest BCUT2D eigenvalue weighted by Gasteiger charge is -2.37. The van der Waals surface area contributed by atoms with Gasteiger partial charge in [-0.3, -0.25) is 0 Å². The third-order valence-corrected chi connectivity index (χ3v) is 3.75. The highest BCUT2D eigenvalue weighted by atomic mass is 16.5. The van der Waals surface area contributed by atoms with Crippen LogP contribution >= 0.6 is 0 Å². The standard InChI is InChI=1S/C11H21NO2/c1-2-13-8-10-7-12-9-11(10)3-5-14-6-4-11/h10,12H,2-9H2,1H3. The molecule has 2 saturated heterocycles. The molecule has 1 N–H and O–H groups in total. The normalized spacial score (nSPS) is 31.1. The zero-order chi connectivity index (χ0) is 9.86. The Labute approximate surface area is 86.2 Å². The molecule has 2 rings (SSSR count). The lowest BCUT2D eigenvalue weighted by molar-refractivity contribution is -0.0207. The summed E-state index contributed by atoms with van der Waals surface area (Å²) in [4.78, 5) is 0. The van der Waals surface area contributed by atoms with E-state index in [-0.39, 0.29) is 0 Å². The summed E-state index contributed by atoms with van der Waals surface area (Å²) in [7, 11) is 0. The topological polar surface area (TPSA) is 30.5 Å². The Kier molecular flexibility index (Phi) is 3.42. The highest BCUT2D eigenvalue weighted by Gasteiger charge is 2.43. The summed E-state index contributed by atoms with van der Waals surface area (Å²) in [5, 5.41) is 3.51. The highest BCUT2D eigenvalue weighted by Crippen LogP contribution is 2.40. The van der Waals surface area contributed by atoms with Gasteiger partial charge in [-0.1, -0.05) is 0 Å². The van der Waals surface area contributed by atoms with Gasteiger partial charge in [0.1, 0.15) is 0 Å².